The van der Waals surface area contributed by atoms with Crippen LogP contribution in [0.3, 0.4) is 0 Å². The highest BCUT2D eigenvalue weighted by molar-refractivity contribution is 7.61. The molecule has 35 heavy (non-hydrogen) atoms. The number of carbonyl (C=O) groups excluding carboxylic acids is 2. The molecule has 0 radical (unpaired) electrons. The fourth-order valence-corrected chi connectivity index (χ4v) is 4.80. The van der Waals surface area contributed by atoms with E-state index in [0.29, 0.717) is 22.5 Å². The largest absolute Gasteiger partial charge is 0.446 e. The van der Waals surface area contributed by atoms with Crippen LogP contribution in [0.1, 0.15) is 60.3 Å². The van der Waals surface area contributed by atoms with Crippen LogP contribution in [0, 0.1) is 16.7 Å². The minimum Gasteiger partial charge on any atom is -0.446 e. The number of thiazole rings is 1. The van der Waals surface area contributed by atoms with E-state index in [1.54, 1.807) is 47.6 Å². The Hall–Kier alpha value is -2.20. The number of esters is 2. The van der Waals surface area contributed by atoms with Crippen molar-refractivity contribution in [3.05, 3.63) is 17.0 Å². The molecule has 0 bridgehead atoms. The summed E-state index contributed by atoms with van der Waals surface area (Å²) in [5.41, 5.74) is 4.72. The molecule has 2 N–H and O–H groups in total. The summed E-state index contributed by atoms with van der Waals surface area (Å²) in [6, 6.07) is 3.00. The maximum Gasteiger partial charge on any atom is 0.402 e. The van der Waals surface area contributed by atoms with Crippen LogP contribution in [0.15, 0.2) is 16.5 Å². The minimum absolute atomic E-state index is 0.159. The van der Waals surface area contributed by atoms with E-state index in [2.05, 4.69) is 18.8 Å². The first-order valence-electron chi connectivity index (χ1n) is 11.1. The van der Waals surface area contributed by atoms with Gasteiger partial charge in [0.25, 0.3) is 0 Å². The molecule has 2 aromatic rings. The number of hydrogen-bond donors (Lipinski definition) is 1. The van der Waals surface area contributed by atoms with Gasteiger partial charge >= 0.3 is 19.5 Å². The highest BCUT2D eigenvalue weighted by Crippen LogP contribution is 2.48. The van der Waals surface area contributed by atoms with Crippen molar-refractivity contribution in [1.29, 1.82) is 0 Å². The zero-order chi connectivity index (χ0) is 26.6. The minimum atomic E-state index is -4.20. The Balaban J connectivity index is 2.28. The Kier molecular flexibility index (Phi) is 9.33. The first kappa shape index (κ1) is 29.0. The fraction of sp³-hybridized carbons (Fsp3) is 0.609. The summed E-state index contributed by atoms with van der Waals surface area (Å²) in [4.78, 5) is 29.4. The van der Waals surface area contributed by atoms with E-state index in [-0.39, 0.29) is 5.50 Å². The van der Waals surface area contributed by atoms with Gasteiger partial charge in [0, 0.05) is 4.88 Å². The molecule has 0 aliphatic heterocycles. The summed E-state index contributed by atoms with van der Waals surface area (Å²) in [5, 5.41) is 0.382. The van der Waals surface area contributed by atoms with Gasteiger partial charge in [-0.25, -0.2) is 4.98 Å². The number of nitrogens with two attached hydrogens (primary N) is 1. The molecular weight excluding hydrogens is 495 g/mol. The normalized spacial score (nSPS) is 12.7. The van der Waals surface area contributed by atoms with E-state index < -0.39 is 44.0 Å². The molecule has 2 heterocycles. The van der Waals surface area contributed by atoms with Crippen LogP contribution in [-0.4, -0.2) is 30.5 Å². The number of hydrogen-bond acceptors (Lipinski definition) is 11. The smallest absolute Gasteiger partial charge is 0.402 e. The summed E-state index contributed by atoms with van der Waals surface area (Å²) in [5.74, 6) is -0.426. The monoisotopic (exact) mass is 530 g/mol. The van der Waals surface area contributed by atoms with Crippen LogP contribution in [0.2, 0.25) is 0 Å². The van der Waals surface area contributed by atoms with Crippen LogP contribution in [0.25, 0.3) is 11.5 Å². The van der Waals surface area contributed by atoms with Crippen molar-refractivity contribution in [2.45, 2.75) is 61.8 Å². The predicted octanol–water partition coefficient (Wildman–Crippen LogP) is 5.13. The third-order valence-corrected chi connectivity index (χ3v) is 7.03. The molecule has 196 valence electrons. The number of furan rings is 1. The molecular formula is C23H35N2O8PS. The Labute approximate surface area is 210 Å². The van der Waals surface area contributed by atoms with Crippen molar-refractivity contribution in [1.82, 2.24) is 4.98 Å². The topological polar surface area (TPSA) is 140 Å². The molecule has 0 fully saturated rings. The lowest BCUT2D eigenvalue weighted by Gasteiger charge is -2.20. The molecule has 10 nitrogen and oxygen atoms in total. The van der Waals surface area contributed by atoms with E-state index in [9.17, 15) is 14.2 Å². The second kappa shape index (κ2) is 11.2. The quantitative estimate of drug-likeness (QED) is 0.250. The molecule has 0 saturated carbocycles. The van der Waals surface area contributed by atoms with E-state index in [1.807, 2.05) is 0 Å². The second-order valence-electron chi connectivity index (χ2n) is 10.4. The van der Waals surface area contributed by atoms with Crippen molar-refractivity contribution >= 4 is 41.5 Å². The molecule has 12 heteroatoms. The number of nitrogen functional groups attached to an aromatic ring is 1. The van der Waals surface area contributed by atoms with E-state index in [4.69, 9.17) is 28.7 Å². The van der Waals surface area contributed by atoms with Gasteiger partial charge in [-0.3, -0.25) is 23.2 Å². The van der Waals surface area contributed by atoms with Crippen LogP contribution in [-0.2, 0) is 39.1 Å². The third kappa shape index (κ3) is 8.17. The first-order valence-corrected chi connectivity index (χ1v) is 13.5. The second-order valence-corrected chi connectivity index (χ2v) is 13.5. The van der Waals surface area contributed by atoms with Gasteiger partial charge in [-0.15, -0.1) is 11.3 Å². The standard InChI is InChI=1S/C23H35N2O8PS/c1-14(2)11-16-18(25-21(24)35-16)15-9-10-17(33-15)34(28,31-12-29-19(26)22(3,4)5)32-13-30-20(27)23(6,7)8/h9-10,14H,11-13H2,1-8H3,(H2,24,25). The van der Waals surface area contributed by atoms with Gasteiger partial charge in [0.2, 0.25) is 19.1 Å². The van der Waals surface area contributed by atoms with Gasteiger partial charge in [-0.1, -0.05) is 13.8 Å². The number of nitrogens with zero attached hydrogens (tertiary/aromatic N) is 1. The summed E-state index contributed by atoms with van der Waals surface area (Å²) in [6.45, 7) is 12.9. The van der Waals surface area contributed by atoms with Crippen molar-refractivity contribution < 1.29 is 37.1 Å². The van der Waals surface area contributed by atoms with Crippen LogP contribution in [0.5, 0.6) is 0 Å². The molecule has 0 atom stereocenters. The molecule has 2 aromatic heterocycles. The molecule has 0 unspecified atom stereocenters. The molecule has 0 amide bonds. The molecule has 0 saturated heterocycles. The van der Waals surface area contributed by atoms with Crippen molar-refractivity contribution in [3.63, 3.8) is 0 Å². The molecule has 0 spiro atoms. The Morgan fingerprint density at radius 3 is 2.00 bits per heavy atom. The van der Waals surface area contributed by atoms with E-state index in [1.165, 1.54) is 17.4 Å². The van der Waals surface area contributed by atoms with Crippen LogP contribution < -0.4 is 11.2 Å². The highest BCUT2D eigenvalue weighted by Gasteiger charge is 2.35. The Morgan fingerprint density at radius 1 is 1.03 bits per heavy atom. The lowest BCUT2D eigenvalue weighted by Crippen LogP contribution is -2.25. The maximum absolute atomic E-state index is 13.6. The number of rotatable bonds is 10. The van der Waals surface area contributed by atoms with Gasteiger partial charge in [-0.2, -0.15) is 0 Å². The van der Waals surface area contributed by atoms with Gasteiger partial charge in [0.1, 0.15) is 5.69 Å². The van der Waals surface area contributed by atoms with E-state index in [0.717, 1.165) is 11.3 Å². The molecule has 0 aliphatic carbocycles. The van der Waals surface area contributed by atoms with Crippen molar-refractivity contribution in [2.75, 3.05) is 19.3 Å². The summed E-state index contributed by atoms with van der Waals surface area (Å²) in [6.07, 6.45) is 0.733. The highest BCUT2D eigenvalue weighted by atomic mass is 32.1. The average Bonchev–Trinajstić information content (AvgIpc) is 3.33. The number of ether oxygens (including phenoxy) is 2. The molecule has 0 aliphatic rings. The Morgan fingerprint density at radius 2 is 1.54 bits per heavy atom. The number of aromatic nitrogens is 1. The van der Waals surface area contributed by atoms with Gasteiger partial charge in [0.05, 0.1) is 10.8 Å². The predicted molar refractivity (Wildman–Crippen MR) is 133 cm³/mol. The molecule has 0 aromatic carbocycles. The van der Waals surface area contributed by atoms with Gasteiger partial charge in [0.15, 0.2) is 10.9 Å². The van der Waals surface area contributed by atoms with Crippen molar-refractivity contribution in [2.24, 2.45) is 16.7 Å². The summed E-state index contributed by atoms with van der Waals surface area (Å²) in [7, 11) is -4.20. The molecule has 2 rings (SSSR count). The van der Waals surface area contributed by atoms with Gasteiger partial charge in [-0.05, 0) is 66.0 Å². The van der Waals surface area contributed by atoms with Gasteiger partial charge < -0.3 is 19.6 Å². The zero-order valence-electron chi connectivity index (χ0n) is 21.5. The van der Waals surface area contributed by atoms with Crippen molar-refractivity contribution in [3.8, 4) is 11.5 Å². The SMILES string of the molecule is CC(C)Cc1sc(N)nc1-c1ccc(P(=O)(OCOC(=O)C(C)(C)C)OCOC(=O)C(C)(C)C)o1. The van der Waals surface area contributed by atoms with E-state index >= 15 is 0 Å². The number of anilines is 1. The lowest BCUT2D eigenvalue weighted by atomic mass is 9.98. The first-order chi connectivity index (χ1) is 16.0. The summed E-state index contributed by atoms with van der Waals surface area (Å²) >= 11 is 1.35. The summed E-state index contributed by atoms with van der Waals surface area (Å²) < 4.78 is 40.3. The Bertz CT molecular complexity index is 1040. The average molecular weight is 531 g/mol. The fourth-order valence-electron chi connectivity index (χ4n) is 2.57. The van der Waals surface area contributed by atoms with Crippen LogP contribution in [0.4, 0.5) is 5.13 Å². The zero-order valence-corrected chi connectivity index (χ0v) is 23.2. The number of carbonyl (C=O) groups is 2. The maximum atomic E-state index is 13.6. The third-order valence-electron chi connectivity index (χ3n) is 4.45. The lowest BCUT2D eigenvalue weighted by molar-refractivity contribution is -0.161. The van der Waals surface area contributed by atoms with Crippen LogP contribution >= 0.6 is 18.9 Å².